The van der Waals surface area contributed by atoms with Crippen LogP contribution in [0, 0.1) is 6.92 Å². The fourth-order valence-electron chi connectivity index (χ4n) is 2.97. The highest BCUT2D eigenvalue weighted by Gasteiger charge is 2.35. The van der Waals surface area contributed by atoms with Crippen LogP contribution < -0.4 is 4.74 Å². The van der Waals surface area contributed by atoms with E-state index in [4.69, 9.17) is 9.26 Å². The van der Waals surface area contributed by atoms with Gasteiger partial charge in [0.25, 0.3) is 0 Å². The standard InChI is InChI=1S/C19H21N5O3/c1-14-3-2-4-16(9-14)26-8-5-17-21-19(27-22-17)15-10-24(11-15)18(25)12-23-7-6-20-13-23/h2-4,6-7,9,13,15H,5,8,10-12H2,1H3. The molecule has 0 unspecified atom stereocenters. The molecule has 2 aromatic heterocycles. The molecule has 4 rings (SSSR count). The summed E-state index contributed by atoms with van der Waals surface area (Å²) in [5, 5.41) is 4.02. The number of benzene rings is 1. The van der Waals surface area contributed by atoms with E-state index in [1.807, 2.05) is 31.2 Å². The highest BCUT2D eigenvalue weighted by atomic mass is 16.5. The van der Waals surface area contributed by atoms with Gasteiger partial charge in [0.15, 0.2) is 5.82 Å². The minimum atomic E-state index is 0.0653. The first-order valence-corrected chi connectivity index (χ1v) is 8.93. The van der Waals surface area contributed by atoms with E-state index in [1.54, 1.807) is 28.2 Å². The van der Waals surface area contributed by atoms with E-state index in [-0.39, 0.29) is 11.8 Å². The maximum absolute atomic E-state index is 12.2. The van der Waals surface area contributed by atoms with Gasteiger partial charge in [-0.3, -0.25) is 4.79 Å². The molecule has 8 heteroatoms. The minimum Gasteiger partial charge on any atom is -0.493 e. The number of likely N-dealkylation sites (tertiary alicyclic amines) is 1. The Kier molecular flexibility index (Phi) is 4.86. The third-order valence-electron chi connectivity index (χ3n) is 4.53. The van der Waals surface area contributed by atoms with E-state index in [2.05, 4.69) is 15.1 Å². The Morgan fingerprint density at radius 1 is 1.37 bits per heavy atom. The van der Waals surface area contributed by atoms with Crippen LogP contribution in [0.15, 0.2) is 47.5 Å². The second-order valence-electron chi connectivity index (χ2n) is 6.69. The minimum absolute atomic E-state index is 0.0653. The zero-order valence-electron chi connectivity index (χ0n) is 15.1. The van der Waals surface area contributed by atoms with Gasteiger partial charge in [-0.1, -0.05) is 17.3 Å². The highest BCUT2D eigenvalue weighted by Crippen LogP contribution is 2.26. The predicted molar refractivity (Wildman–Crippen MR) is 96.2 cm³/mol. The largest absolute Gasteiger partial charge is 0.493 e. The van der Waals surface area contributed by atoms with Crippen LogP contribution in [0.2, 0.25) is 0 Å². The monoisotopic (exact) mass is 367 g/mol. The first kappa shape index (κ1) is 17.3. The summed E-state index contributed by atoms with van der Waals surface area (Å²) in [5.74, 6) is 2.23. The van der Waals surface area contributed by atoms with Crippen molar-refractivity contribution in [1.29, 1.82) is 0 Å². The van der Waals surface area contributed by atoms with Crippen molar-refractivity contribution in [3.8, 4) is 5.75 Å². The number of hydrogen-bond acceptors (Lipinski definition) is 6. The van der Waals surface area contributed by atoms with Crippen LogP contribution in [0.1, 0.15) is 23.2 Å². The number of imidazole rings is 1. The van der Waals surface area contributed by atoms with E-state index in [1.165, 1.54) is 0 Å². The lowest BCUT2D eigenvalue weighted by atomic mass is 10.00. The van der Waals surface area contributed by atoms with Crippen molar-refractivity contribution in [2.24, 2.45) is 0 Å². The summed E-state index contributed by atoms with van der Waals surface area (Å²) in [6, 6.07) is 7.91. The third kappa shape index (κ3) is 4.16. The summed E-state index contributed by atoms with van der Waals surface area (Å²) in [7, 11) is 0. The molecule has 8 nitrogen and oxygen atoms in total. The van der Waals surface area contributed by atoms with E-state index in [0.29, 0.717) is 44.4 Å². The average Bonchev–Trinajstić information content (AvgIpc) is 3.26. The lowest BCUT2D eigenvalue weighted by Crippen LogP contribution is -2.49. The third-order valence-corrected chi connectivity index (χ3v) is 4.53. The molecule has 0 aliphatic carbocycles. The number of carbonyl (C=O) groups excluding carboxylic acids is 1. The second kappa shape index (κ2) is 7.61. The summed E-state index contributed by atoms with van der Waals surface area (Å²) in [6.45, 7) is 4.03. The fraction of sp³-hybridized carbons (Fsp3) is 0.368. The molecule has 1 aliphatic rings. The van der Waals surface area contributed by atoms with Crippen LogP contribution >= 0.6 is 0 Å². The Morgan fingerprint density at radius 2 is 2.26 bits per heavy atom. The van der Waals surface area contributed by atoms with Crippen LogP contribution in [-0.4, -0.2) is 50.2 Å². The van der Waals surface area contributed by atoms with Gasteiger partial charge in [-0.05, 0) is 24.6 Å². The molecule has 1 amide bonds. The van der Waals surface area contributed by atoms with Gasteiger partial charge in [0.05, 0.1) is 18.9 Å². The fourth-order valence-corrected chi connectivity index (χ4v) is 2.97. The average molecular weight is 367 g/mol. The summed E-state index contributed by atoms with van der Waals surface area (Å²) in [4.78, 5) is 22.3. The molecule has 1 saturated heterocycles. The van der Waals surface area contributed by atoms with Crippen LogP contribution in [-0.2, 0) is 17.8 Å². The predicted octanol–water partition coefficient (Wildman–Crippen LogP) is 1.82. The first-order valence-electron chi connectivity index (χ1n) is 8.93. The molecular weight excluding hydrogens is 346 g/mol. The van der Waals surface area contributed by atoms with Crippen molar-refractivity contribution in [3.05, 3.63) is 60.3 Å². The van der Waals surface area contributed by atoms with Gasteiger partial charge >= 0.3 is 0 Å². The zero-order chi connectivity index (χ0) is 18.6. The molecule has 3 heterocycles. The van der Waals surface area contributed by atoms with Crippen molar-refractivity contribution in [3.63, 3.8) is 0 Å². The number of rotatable bonds is 7. The quantitative estimate of drug-likeness (QED) is 0.633. The normalized spacial score (nSPS) is 14.2. The van der Waals surface area contributed by atoms with Crippen LogP contribution in [0.25, 0.3) is 0 Å². The van der Waals surface area contributed by atoms with Crippen molar-refractivity contribution in [2.45, 2.75) is 25.8 Å². The molecule has 140 valence electrons. The number of nitrogens with zero attached hydrogens (tertiary/aromatic N) is 5. The molecule has 3 aromatic rings. The lowest BCUT2D eigenvalue weighted by Gasteiger charge is -2.37. The van der Waals surface area contributed by atoms with Gasteiger partial charge < -0.3 is 18.7 Å². The van der Waals surface area contributed by atoms with Gasteiger partial charge in [-0.2, -0.15) is 4.98 Å². The number of aromatic nitrogens is 4. The van der Waals surface area contributed by atoms with Crippen molar-refractivity contribution < 1.29 is 14.1 Å². The van der Waals surface area contributed by atoms with Crippen LogP contribution in [0.4, 0.5) is 0 Å². The van der Waals surface area contributed by atoms with Gasteiger partial charge in [-0.25, -0.2) is 4.98 Å². The van der Waals surface area contributed by atoms with Crippen molar-refractivity contribution in [2.75, 3.05) is 19.7 Å². The van der Waals surface area contributed by atoms with Gasteiger partial charge in [0.2, 0.25) is 11.8 Å². The Labute approximate surface area is 156 Å². The molecule has 0 spiro atoms. The number of hydrogen-bond donors (Lipinski definition) is 0. The number of carbonyl (C=O) groups is 1. The van der Waals surface area contributed by atoms with Crippen LogP contribution in [0.3, 0.4) is 0 Å². The Hall–Kier alpha value is -3.16. The highest BCUT2D eigenvalue weighted by molar-refractivity contribution is 5.77. The molecule has 1 aromatic carbocycles. The summed E-state index contributed by atoms with van der Waals surface area (Å²) in [6.07, 6.45) is 5.65. The zero-order valence-corrected chi connectivity index (χ0v) is 15.1. The summed E-state index contributed by atoms with van der Waals surface area (Å²) >= 11 is 0. The molecule has 0 saturated carbocycles. The molecule has 0 atom stereocenters. The van der Waals surface area contributed by atoms with Crippen molar-refractivity contribution in [1.82, 2.24) is 24.6 Å². The summed E-state index contributed by atoms with van der Waals surface area (Å²) < 4.78 is 12.8. The molecule has 0 radical (unpaired) electrons. The Bertz CT molecular complexity index is 900. The molecule has 27 heavy (non-hydrogen) atoms. The van der Waals surface area contributed by atoms with Gasteiger partial charge in [-0.15, -0.1) is 0 Å². The smallest absolute Gasteiger partial charge is 0.242 e. The topological polar surface area (TPSA) is 86.3 Å². The Morgan fingerprint density at radius 3 is 3.04 bits per heavy atom. The molecule has 0 N–H and O–H groups in total. The molecular formula is C19H21N5O3. The number of ether oxygens (including phenoxy) is 1. The summed E-state index contributed by atoms with van der Waals surface area (Å²) in [5.41, 5.74) is 1.16. The van der Waals surface area contributed by atoms with Gasteiger partial charge in [0.1, 0.15) is 12.3 Å². The van der Waals surface area contributed by atoms with Crippen LogP contribution in [0.5, 0.6) is 5.75 Å². The Balaban J connectivity index is 1.22. The van der Waals surface area contributed by atoms with Gasteiger partial charge in [0, 0.05) is 31.9 Å². The SMILES string of the molecule is Cc1cccc(OCCc2noc(C3CN(C(=O)Cn4ccnc4)C3)n2)c1. The van der Waals surface area contributed by atoms with E-state index in [9.17, 15) is 4.79 Å². The van der Waals surface area contributed by atoms with E-state index >= 15 is 0 Å². The molecule has 1 aliphatic heterocycles. The molecule has 1 fully saturated rings. The number of aryl methyl sites for hydroxylation is 1. The maximum Gasteiger partial charge on any atom is 0.242 e. The molecule has 0 bridgehead atoms. The maximum atomic E-state index is 12.2. The second-order valence-corrected chi connectivity index (χ2v) is 6.69. The lowest BCUT2D eigenvalue weighted by molar-refractivity contribution is -0.136. The number of amides is 1. The van der Waals surface area contributed by atoms with E-state index < -0.39 is 0 Å². The van der Waals surface area contributed by atoms with Crippen molar-refractivity contribution >= 4 is 5.91 Å². The van der Waals surface area contributed by atoms with E-state index in [0.717, 1.165) is 11.3 Å². The first-order chi connectivity index (χ1) is 13.2.